The highest BCUT2D eigenvalue weighted by molar-refractivity contribution is 7.71. The van der Waals surface area contributed by atoms with Crippen molar-refractivity contribution in [1.29, 1.82) is 0 Å². The number of rotatable bonds is 3. The number of nitrogens with zero attached hydrogens (tertiary/aromatic N) is 2. The Hall–Kier alpha value is -1.36. The fourth-order valence-corrected chi connectivity index (χ4v) is 2.78. The minimum Gasteiger partial charge on any atom is -0.331 e. The Kier molecular flexibility index (Phi) is 3.78. The van der Waals surface area contributed by atoms with E-state index in [1.165, 1.54) is 5.56 Å². The number of aromatic nitrogens is 3. The van der Waals surface area contributed by atoms with Gasteiger partial charge < -0.3 is 9.55 Å². The smallest absolute Gasteiger partial charge is 0.178 e. The topological polar surface area (TPSA) is 33.6 Å². The molecule has 0 bridgehead atoms. The minimum absolute atomic E-state index is 0.523. The summed E-state index contributed by atoms with van der Waals surface area (Å²) < 4.78 is 2.70. The Balaban J connectivity index is 1.97. The lowest BCUT2D eigenvalue weighted by Gasteiger charge is -2.05. The standard InChI is InChI=1S/C14H11Cl2N3S/c15-10-6-12-13(7-11(10)16)19(14(20)18-12)5-3-9-2-1-4-17-8-9/h1-2,4,6-8H,3,5H2,(H,18,20). The molecule has 0 saturated heterocycles. The van der Waals surface area contributed by atoms with Gasteiger partial charge in [-0.2, -0.15) is 0 Å². The van der Waals surface area contributed by atoms with Crippen LogP contribution in [0, 0.1) is 4.77 Å². The van der Waals surface area contributed by atoms with E-state index in [9.17, 15) is 0 Å². The molecule has 0 unspecified atom stereocenters. The molecular weight excluding hydrogens is 313 g/mol. The van der Waals surface area contributed by atoms with Gasteiger partial charge in [0.15, 0.2) is 4.77 Å². The SMILES string of the molecule is S=c1[nH]c2cc(Cl)c(Cl)cc2n1CCc1cccnc1. The molecule has 0 radical (unpaired) electrons. The zero-order chi connectivity index (χ0) is 14.1. The average molecular weight is 324 g/mol. The van der Waals surface area contributed by atoms with Gasteiger partial charge in [-0.3, -0.25) is 4.98 Å². The molecule has 1 N–H and O–H groups in total. The molecule has 3 nitrogen and oxygen atoms in total. The first kappa shape index (κ1) is 13.6. The minimum atomic E-state index is 0.523. The second-order valence-electron chi connectivity index (χ2n) is 4.48. The van der Waals surface area contributed by atoms with Crippen molar-refractivity contribution in [3.8, 4) is 0 Å². The average Bonchev–Trinajstić information content (AvgIpc) is 2.73. The Bertz CT molecular complexity index is 808. The molecule has 0 fully saturated rings. The number of imidazole rings is 1. The highest BCUT2D eigenvalue weighted by Gasteiger charge is 2.08. The first-order valence-corrected chi connectivity index (χ1v) is 7.28. The number of nitrogens with one attached hydrogen (secondary N) is 1. The fraction of sp³-hybridized carbons (Fsp3) is 0.143. The summed E-state index contributed by atoms with van der Waals surface area (Å²) >= 11 is 17.5. The van der Waals surface area contributed by atoms with Crippen LogP contribution >= 0.6 is 35.4 Å². The summed E-state index contributed by atoms with van der Waals surface area (Å²) in [6.45, 7) is 0.766. The van der Waals surface area contributed by atoms with Crippen LogP contribution in [0.25, 0.3) is 11.0 Å². The third kappa shape index (κ3) is 2.59. The third-order valence-electron chi connectivity index (χ3n) is 3.16. The molecule has 102 valence electrons. The Morgan fingerprint density at radius 2 is 2.05 bits per heavy atom. The summed E-state index contributed by atoms with van der Waals surface area (Å²) in [6.07, 6.45) is 4.49. The maximum absolute atomic E-state index is 6.08. The number of halogens is 2. The van der Waals surface area contributed by atoms with Crippen LogP contribution in [0.4, 0.5) is 0 Å². The van der Waals surface area contributed by atoms with Crippen molar-refractivity contribution in [2.45, 2.75) is 13.0 Å². The highest BCUT2D eigenvalue weighted by Crippen LogP contribution is 2.27. The summed E-state index contributed by atoms with van der Waals surface area (Å²) in [6, 6.07) is 7.63. The molecule has 0 amide bonds. The van der Waals surface area contributed by atoms with Gasteiger partial charge in [0.2, 0.25) is 0 Å². The van der Waals surface area contributed by atoms with Crippen LogP contribution in [0.15, 0.2) is 36.7 Å². The van der Waals surface area contributed by atoms with Gasteiger partial charge in [-0.25, -0.2) is 0 Å². The summed E-state index contributed by atoms with van der Waals surface area (Å²) in [4.78, 5) is 7.26. The molecule has 6 heteroatoms. The number of H-pyrrole nitrogens is 1. The van der Waals surface area contributed by atoms with E-state index in [0.29, 0.717) is 14.8 Å². The van der Waals surface area contributed by atoms with Gasteiger partial charge in [0.1, 0.15) is 0 Å². The van der Waals surface area contributed by atoms with Gasteiger partial charge in [-0.1, -0.05) is 29.3 Å². The number of benzene rings is 1. The van der Waals surface area contributed by atoms with Crippen LogP contribution < -0.4 is 0 Å². The number of pyridine rings is 1. The number of fused-ring (bicyclic) bond motifs is 1. The molecule has 0 saturated carbocycles. The van der Waals surface area contributed by atoms with E-state index in [-0.39, 0.29) is 0 Å². The molecule has 0 aliphatic heterocycles. The van der Waals surface area contributed by atoms with Crippen molar-refractivity contribution in [3.63, 3.8) is 0 Å². The molecule has 0 atom stereocenters. The van der Waals surface area contributed by atoms with Crippen LogP contribution in [0.2, 0.25) is 10.0 Å². The van der Waals surface area contributed by atoms with Crippen LogP contribution in [0.5, 0.6) is 0 Å². The second kappa shape index (κ2) is 5.56. The molecule has 0 spiro atoms. The molecule has 1 aromatic carbocycles. The van der Waals surface area contributed by atoms with Crippen molar-refractivity contribution in [3.05, 3.63) is 57.0 Å². The van der Waals surface area contributed by atoms with Gasteiger partial charge in [-0.05, 0) is 42.4 Å². The summed E-state index contributed by atoms with van der Waals surface area (Å²) in [5.74, 6) is 0. The fourth-order valence-electron chi connectivity index (χ4n) is 2.16. The molecular formula is C14H11Cl2N3S. The third-order valence-corrected chi connectivity index (χ3v) is 4.21. The molecule has 3 rings (SSSR count). The second-order valence-corrected chi connectivity index (χ2v) is 5.68. The monoisotopic (exact) mass is 323 g/mol. The van der Waals surface area contributed by atoms with E-state index >= 15 is 0 Å². The van der Waals surface area contributed by atoms with E-state index in [4.69, 9.17) is 35.4 Å². The van der Waals surface area contributed by atoms with Crippen LogP contribution in [-0.4, -0.2) is 14.5 Å². The van der Waals surface area contributed by atoms with E-state index in [1.807, 2.05) is 22.9 Å². The van der Waals surface area contributed by atoms with Crippen molar-refractivity contribution in [2.75, 3.05) is 0 Å². The first-order valence-electron chi connectivity index (χ1n) is 6.11. The molecule has 0 aliphatic carbocycles. The highest BCUT2D eigenvalue weighted by atomic mass is 35.5. The van der Waals surface area contributed by atoms with Gasteiger partial charge in [0.25, 0.3) is 0 Å². The lowest BCUT2D eigenvalue weighted by atomic mass is 10.2. The van der Waals surface area contributed by atoms with E-state index in [0.717, 1.165) is 24.0 Å². The van der Waals surface area contributed by atoms with Crippen molar-refractivity contribution in [1.82, 2.24) is 14.5 Å². The maximum Gasteiger partial charge on any atom is 0.178 e. The molecule has 2 heterocycles. The number of aromatic amines is 1. The largest absolute Gasteiger partial charge is 0.331 e. The van der Waals surface area contributed by atoms with Gasteiger partial charge in [0.05, 0.1) is 21.1 Å². The van der Waals surface area contributed by atoms with E-state index < -0.39 is 0 Å². The number of aryl methyl sites for hydroxylation is 2. The molecule has 2 aromatic heterocycles. The van der Waals surface area contributed by atoms with Crippen molar-refractivity contribution in [2.24, 2.45) is 0 Å². The van der Waals surface area contributed by atoms with Crippen molar-refractivity contribution < 1.29 is 0 Å². The zero-order valence-corrected chi connectivity index (χ0v) is 12.8. The maximum atomic E-state index is 6.08. The Labute approximate surface area is 131 Å². The molecule has 0 aliphatic rings. The van der Waals surface area contributed by atoms with Gasteiger partial charge in [0, 0.05) is 18.9 Å². The Morgan fingerprint density at radius 1 is 1.25 bits per heavy atom. The van der Waals surface area contributed by atoms with Crippen LogP contribution in [0.1, 0.15) is 5.56 Å². The van der Waals surface area contributed by atoms with Crippen molar-refractivity contribution >= 4 is 46.5 Å². The zero-order valence-electron chi connectivity index (χ0n) is 10.4. The van der Waals surface area contributed by atoms with Crippen LogP contribution in [-0.2, 0) is 13.0 Å². The normalized spacial score (nSPS) is 11.1. The predicted octanol–water partition coefficient (Wildman–Crippen LogP) is 4.64. The molecule has 3 aromatic rings. The van der Waals surface area contributed by atoms with Gasteiger partial charge in [-0.15, -0.1) is 0 Å². The van der Waals surface area contributed by atoms with Crippen LogP contribution in [0.3, 0.4) is 0 Å². The quantitative estimate of drug-likeness (QED) is 0.712. The lowest BCUT2D eigenvalue weighted by Crippen LogP contribution is -2.01. The summed E-state index contributed by atoms with van der Waals surface area (Å²) in [5.41, 5.74) is 3.03. The molecule has 20 heavy (non-hydrogen) atoms. The number of hydrogen-bond donors (Lipinski definition) is 1. The van der Waals surface area contributed by atoms with E-state index in [2.05, 4.69) is 16.0 Å². The summed E-state index contributed by atoms with van der Waals surface area (Å²) in [5, 5.41) is 1.05. The lowest BCUT2D eigenvalue weighted by molar-refractivity contribution is 0.705. The Morgan fingerprint density at radius 3 is 2.80 bits per heavy atom. The predicted molar refractivity (Wildman–Crippen MR) is 85.1 cm³/mol. The van der Waals surface area contributed by atoms with Gasteiger partial charge >= 0.3 is 0 Å². The number of hydrogen-bond acceptors (Lipinski definition) is 2. The first-order chi connectivity index (χ1) is 9.65. The van der Waals surface area contributed by atoms with E-state index in [1.54, 1.807) is 12.3 Å². The summed E-state index contributed by atoms with van der Waals surface area (Å²) in [7, 11) is 0.